The van der Waals surface area contributed by atoms with E-state index in [4.69, 9.17) is 16.3 Å². The van der Waals surface area contributed by atoms with Crippen LogP contribution in [0, 0.1) is 5.82 Å². The monoisotopic (exact) mass is 314 g/mol. The number of hydrogen-bond acceptors (Lipinski definition) is 1. The molecule has 1 nitrogen and oxygen atoms in total. The molecule has 0 N–H and O–H groups in total. The van der Waals surface area contributed by atoms with Crippen LogP contribution < -0.4 is 4.74 Å². The number of alkyl halides is 1. The minimum atomic E-state index is -0.401. The summed E-state index contributed by atoms with van der Waals surface area (Å²) in [6.07, 6.45) is 0. The molecule has 2 aromatic rings. The van der Waals surface area contributed by atoms with Gasteiger partial charge in [0.2, 0.25) is 0 Å². The summed E-state index contributed by atoms with van der Waals surface area (Å²) in [5.41, 5.74) is 0.741. The van der Waals surface area contributed by atoms with Gasteiger partial charge in [-0.2, -0.15) is 0 Å². The molecule has 88 valence electrons. The first-order valence-corrected chi connectivity index (χ1v) is 6.48. The van der Waals surface area contributed by atoms with E-state index in [2.05, 4.69) is 15.9 Å². The highest BCUT2D eigenvalue weighted by Crippen LogP contribution is 2.33. The first-order valence-electron chi connectivity index (χ1n) is 4.98. The maximum atomic E-state index is 13.7. The molecule has 2 aromatic carbocycles. The lowest BCUT2D eigenvalue weighted by atomic mass is 10.2. The molecule has 0 aliphatic rings. The van der Waals surface area contributed by atoms with E-state index in [9.17, 15) is 4.39 Å². The lowest BCUT2D eigenvalue weighted by Crippen LogP contribution is -1.93. The number of halogens is 3. The van der Waals surface area contributed by atoms with Crippen LogP contribution in [0.25, 0.3) is 0 Å². The Bertz CT molecular complexity index is 531. The molecular formula is C13H9BrClFO. The van der Waals surface area contributed by atoms with Crippen molar-refractivity contribution < 1.29 is 9.13 Å². The molecule has 0 aliphatic heterocycles. The Kier molecular flexibility index (Phi) is 4.02. The van der Waals surface area contributed by atoms with Crippen LogP contribution in [-0.2, 0) is 5.33 Å². The van der Waals surface area contributed by atoms with E-state index in [-0.39, 0.29) is 5.75 Å². The van der Waals surface area contributed by atoms with E-state index in [0.29, 0.717) is 16.1 Å². The molecule has 0 bridgehead atoms. The van der Waals surface area contributed by atoms with Gasteiger partial charge in [-0.1, -0.05) is 51.8 Å². The Morgan fingerprint density at radius 2 is 1.88 bits per heavy atom. The van der Waals surface area contributed by atoms with Crippen LogP contribution in [0.15, 0.2) is 42.5 Å². The number of hydrogen-bond donors (Lipinski definition) is 0. The largest absolute Gasteiger partial charge is 0.452 e. The zero-order chi connectivity index (χ0) is 12.3. The van der Waals surface area contributed by atoms with Gasteiger partial charge in [-0.05, 0) is 18.2 Å². The maximum Gasteiger partial charge on any atom is 0.167 e. The molecule has 0 unspecified atom stereocenters. The first-order chi connectivity index (χ1) is 8.22. The van der Waals surface area contributed by atoms with Crippen LogP contribution in [0.1, 0.15) is 5.56 Å². The molecule has 0 aliphatic carbocycles. The highest BCUT2D eigenvalue weighted by Gasteiger charge is 2.11. The van der Waals surface area contributed by atoms with Crippen molar-refractivity contribution in [3.8, 4) is 11.5 Å². The average Bonchev–Trinajstić information content (AvgIpc) is 2.34. The Morgan fingerprint density at radius 1 is 1.12 bits per heavy atom. The molecule has 4 heteroatoms. The van der Waals surface area contributed by atoms with Gasteiger partial charge in [0.1, 0.15) is 5.75 Å². The van der Waals surface area contributed by atoms with E-state index in [1.165, 1.54) is 6.07 Å². The third-order valence-corrected chi connectivity index (χ3v) is 3.16. The summed E-state index contributed by atoms with van der Waals surface area (Å²) < 4.78 is 19.2. The fourth-order valence-corrected chi connectivity index (χ4v) is 2.03. The highest BCUT2D eigenvalue weighted by molar-refractivity contribution is 9.08. The van der Waals surface area contributed by atoms with Gasteiger partial charge < -0.3 is 4.74 Å². The minimum Gasteiger partial charge on any atom is -0.452 e. The number of para-hydroxylation sites is 2. The molecular weight excluding hydrogens is 306 g/mol. The predicted molar refractivity (Wildman–Crippen MR) is 70.6 cm³/mol. The second-order valence-electron chi connectivity index (χ2n) is 3.39. The van der Waals surface area contributed by atoms with Crippen LogP contribution >= 0.6 is 27.5 Å². The van der Waals surface area contributed by atoms with Crippen molar-refractivity contribution in [2.75, 3.05) is 0 Å². The summed E-state index contributed by atoms with van der Waals surface area (Å²) in [4.78, 5) is 0. The summed E-state index contributed by atoms with van der Waals surface area (Å²) in [6.45, 7) is 0. The van der Waals surface area contributed by atoms with Crippen LogP contribution in [0.5, 0.6) is 11.5 Å². The normalized spacial score (nSPS) is 10.3. The fourth-order valence-electron chi connectivity index (χ4n) is 1.41. The molecule has 0 fully saturated rings. The smallest absolute Gasteiger partial charge is 0.167 e. The quantitative estimate of drug-likeness (QED) is 0.710. The summed E-state index contributed by atoms with van der Waals surface area (Å²) in [5.74, 6) is 0.251. The highest BCUT2D eigenvalue weighted by atomic mass is 79.9. The van der Waals surface area contributed by atoms with Gasteiger partial charge in [-0.25, -0.2) is 4.39 Å². The third kappa shape index (κ3) is 2.79. The zero-order valence-electron chi connectivity index (χ0n) is 8.79. The maximum absolute atomic E-state index is 13.7. The molecule has 0 amide bonds. The number of benzene rings is 2. The van der Waals surface area contributed by atoms with Gasteiger partial charge in [0.15, 0.2) is 11.6 Å². The molecule has 17 heavy (non-hydrogen) atoms. The van der Waals surface area contributed by atoms with Gasteiger partial charge in [0.25, 0.3) is 0 Å². The third-order valence-electron chi connectivity index (χ3n) is 2.24. The van der Waals surface area contributed by atoms with Crippen LogP contribution in [-0.4, -0.2) is 0 Å². The molecule has 0 radical (unpaired) electrons. The summed E-state index contributed by atoms with van der Waals surface area (Å²) in [5, 5.41) is 0.973. The SMILES string of the molecule is Fc1cccc(CBr)c1Oc1ccccc1Cl. The lowest BCUT2D eigenvalue weighted by molar-refractivity contribution is 0.438. The summed E-state index contributed by atoms with van der Waals surface area (Å²) in [6, 6.07) is 11.8. The van der Waals surface area contributed by atoms with Crippen LogP contribution in [0.2, 0.25) is 5.02 Å². The Balaban J connectivity index is 2.39. The molecule has 0 aromatic heterocycles. The molecule has 0 saturated carbocycles. The van der Waals surface area contributed by atoms with Crippen molar-refractivity contribution in [1.29, 1.82) is 0 Å². The standard InChI is InChI=1S/C13H9BrClFO/c14-8-9-4-3-6-11(16)13(9)17-12-7-2-1-5-10(12)15/h1-7H,8H2. The second kappa shape index (κ2) is 5.52. The molecule has 2 rings (SSSR count). The lowest BCUT2D eigenvalue weighted by Gasteiger charge is -2.11. The van der Waals surface area contributed by atoms with Crippen molar-refractivity contribution in [2.24, 2.45) is 0 Å². The Morgan fingerprint density at radius 3 is 2.59 bits per heavy atom. The van der Waals surface area contributed by atoms with E-state index in [0.717, 1.165) is 5.56 Å². The van der Waals surface area contributed by atoms with Crippen molar-refractivity contribution >= 4 is 27.5 Å². The summed E-state index contributed by atoms with van der Waals surface area (Å²) >= 11 is 9.26. The van der Waals surface area contributed by atoms with Crippen molar-refractivity contribution in [3.63, 3.8) is 0 Å². The summed E-state index contributed by atoms with van der Waals surface area (Å²) in [7, 11) is 0. The van der Waals surface area contributed by atoms with Gasteiger partial charge >= 0.3 is 0 Å². The van der Waals surface area contributed by atoms with E-state index >= 15 is 0 Å². The topological polar surface area (TPSA) is 9.23 Å². The number of rotatable bonds is 3. The van der Waals surface area contributed by atoms with E-state index in [1.807, 2.05) is 0 Å². The van der Waals surface area contributed by atoms with Gasteiger partial charge in [0.05, 0.1) is 5.02 Å². The molecule has 0 spiro atoms. The van der Waals surface area contributed by atoms with Crippen LogP contribution in [0.3, 0.4) is 0 Å². The zero-order valence-corrected chi connectivity index (χ0v) is 11.1. The second-order valence-corrected chi connectivity index (χ2v) is 4.36. The molecule has 0 atom stereocenters. The number of ether oxygens (including phenoxy) is 1. The van der Waals surface area contributed by atoms with Gasteiger partial charge in [0, 0.05) is 10.9 Å². The Hall–Kier alpha value is -1.06. The average molecular weight is 316 g/mol. The van der Waals surface area contributed by atoms with Gasteiger partial charge in [-0.15, -0.1) is 0 Å². The van der Waals surface area contributed by atoms with Gasteiger partial charge in [-0.3, -0.25) is 0 Å². The Labute approximate surface area is 112 Å². The van der Waals surface area contributed by atoms with E-state index < -0.39 is 5.82 Å². The predicted octanol–water partition coefficient (Wildman–Crippen LogP) is 5.17. The molecule has 0 saturated heterocycles. The van der Waals surface area contributed by atoms with Crippen LogP contribution in [0.4, 0.5) is 4.39 Å². The first kappa shape index (κ1) is 12.4. The van der Waals surface area contributed by atoms with Crippen molar-refractivity contribution in [2.45, 2.75) is 5.33 Å². The minimum absolute atomic E-state index is 0.206. The van der Waals surface area contributed by atoms with Crippen molar-refractivity contribution in [1.82, 2.24) is 0 Å². The van der Waals surface area contributed by atoms with Crippen molar-refractivity contribution in [3.05, 3.63) is 58.9 Å². The molecule has 0 heterocycles. The van der Waals surface area contributed by atoms with E-state index in [1.54, 1.807) is 36.4 Å². The fraction of sp³-hybridized carbons (Fsp3) is 0.0769.